The molecule has 1 aliphatic rings. The number of hydrogen-bond donors (Lipinski definition) is 1. The number of carbonyl (C=O) groups excluding carboxylic acids is 1. The molecule has 0 unspecified atom stereocenters. The highest BCUT2D eigenvalue weighted by Gasteiger charge is 2.33. The summed E-state index contributed by atoms with van der Waals surface area (Å²) in [6.45, 7) is 0.524. The van der Waals surface area contributed by atoms with Gasteiger partial charge in [0.2, 0.25) is 0 Å². The summed E-state index contributed by atoms with van der Waals surface area (Å²) in [6, 6.07) is 13.5. The number of carbonyl (C=O) groups is 1. The quantitative estimate of drug-likeness (QED) is 0.910. The van der Waals surface area contributed by atoms with Crippen molar-refractivity contribution >= 4 is 11.7 Å². The maximum Gasteiger partial charge on any atom is 0.322 e. The third-order valence-corrected chi connectivity index (χ3v) is 3.18. The third kappa shape index (κ3) is 2.96. The Hall–Kier alpha value is -2.23. The van der Waals surface area contributed by atoms with Crippen LogP contribution in [0.1, 0.15) is 18.6 Å². The lowest BCUT2D eigenvalue weighted by atomic mass is 10.3. The van der Waals surface area contributed by atoms with Crippen molar-refractivity contribution in [2.45, 2.75) is 25.4 Å². The molecule has 1 N–H and O–H groups in total. The summed E-state index contributed by atoms with van der Waals surface area (Å²) in [5, 5.41) is 2.92. The van der Waals surface area contributed by atoms with Crippen molar-refractivity contribution in [3.63, 3.8) is 0 Å². The summed E-state index contributed by atoms with van der Waals surface area (Å²) >= 11 is 0. The smallest absolute Gasteiger partial charge is 0.322 e. The first-order chi connectivity index (χ1) is 9.33. The van der Waals surface area contributed by atoms with Gasteiger partial charge in [0.25, 0.3) is 0 Å². The first kappa shape index (κ1) is 11.8. The molecule has 3 rings (SSSR count). The van der Waals surface area contributed by atoms with Crippen molar-refractivity contribution in [3.8, 4) is 0 Å². The molecular weight excluding hydrogens is 240 g/mol. The Kier molecular flexibility index (Phi) is 3.23. The SMILES string of the molecule is O=C(Nc1ccccc1)N(Cc1ccco1)C1CC1. The van der Waals surface area contributed by atoms with E-state index in [4.69, 9.17) is 4.42 Å². The average Bonchev–Trinajstić information content (AvgIpc) is 3.14. The first-order valence-electron chi connectivity index (χ1n) is 6.48. The van der Waals surface area contributed by atoms with Gasteiger partial charge in [-0.1, -0.05) is 18.2 Å². The van der Waals surface area contributed by atoms with Gasteiger partial charge in [0.05, 0.1) is 12.8 Å². The molecule has 1 aromatic carbocycles. The molecular formula is C15H16N2O2. The molecule has 4 nitrogen and oxygen atoms in total. The highest BCUT2D eigenvalue weighted by molar-refractivity contribution is 5.89. The van der Waals surface area contributed by atoms with Crippen molar-refractivity contribution in [1.82, 2.24) is 4.90 Å². The van der Waals surface area contributed by atoms with Crippen LogP contribution in [0.2, 0.25) is 0 Å². The van der Waals surface area contributed by atoms with Crippen LogP contribution >= 0.6 is 0 Å². The van der Waals surface area contributed by atoms with E-state index in [1.807, 2.05) is 47.4 Å². The maximum absolute atomic E-state index is 12.3. The minimum atomic E-state index is -0.0647. The van der Waals surface area contributed by atoms with Gasteiger partial charge in [-0.15, -0.1) is 0 Å². The molecule has 0 bridgehead atoms. The first-order valence-corrected chi connectivity index (χ1v) is 6.48. The Balaban J connectivity index is 1.68. The summed E-state index contributed by atoms with van der Waals surface area (Å²) in [6.07, 6.45) is 3.78. The van der Waals surface area contributed by atoms with E-state index in [1.165, 1.54) is 0 Å². The van der Waals surface area contributed by atoms with Crippen LogP contribution in [0, 0.1) is 0 Å². The second-order valence-electron chi connectivity index (χ2n) is 4.73. The van der Waals surface area contributed by atoms with Crippen molar-refractivity contribution in [1.29, 1.82) is 0 Å². The predicted molar refractivity (Wildman–Crippen MR) is 72.7 cm³/mol. The van der Waals surface area contributed by atoms with Crippen molar-refractivity contribution in [3.05, 3.63) is 54.5 Å². The van der Waals surface area contributed by atoms with Crippen LogP contribution in [0.4, 0.5) is 10.5 Å². The van der Waals surface area contributed by atoms with Crippen LogP contribution in [0.5, 0.6) is 0 Å². The molecule has 0 radical (unpaired) electrons. The van der Waals surface area contributed by atoms with Crippen LogP contribution in [0.25, 0.3) is 0 Å². The Bertz CT molecular complexity index is 533. The van der Waals surface area contributed by atoms with Gasteiger partial charge in [-0.05, 0) is 37.1 Å². The molecule has 0 saturated heterocycles. The van der Waals surface area contributed by atoms with Crippen LogP contribution in [-0.2, 0) is 6.54 Å². The maximum atomic E-state index is 12.3. The van der Waals surface area contributed by atoms with E-state index in [9.17, 15) is 4.79 Å². The molecule has 0 aliphatic heterocycles. The Morgan fingerprint density at radius 2 is 2.00 bits per heavy atom. The number of nitrogens with one attached hydrogen (secondary N) is 1. The van der Waals surface area contributed by atoms with E-state index >= 15 is 0 Å². The van der Waals surface area contributed by atoms with Gasteiger partial charge in [-0.25, -0.2) is 4.79 Å². The molecule has 98 valence electrons. The Labute approximate surface area is 112 Å². The lowest BCUT2D eigenvalue weighted by Crippen LogP contribution is -2.36. The second-order valence-corrected chi connectivity index (χ2v) is 4.73. The van der Waals surface area contributed by atoms with Gasteiger partial charge in [-0.2, -0.15) is 0 Å². The van der Waals surface area contributed by atoms with Crippen LogP contribution in [-0.4, -0.2) is 17.0 Å². The minimum Gasteiger partial charge on any atom is -0.467 e. The lowest BCUT2D eigenvalue weighted by molar-refractivity contribution is 0.201. The van der Waals surface area contributed by atoms with Crippen LogP contribution < -0.4 is 5.32 Å². The predicted octanol–water partition coefficient (Wildman–Crippen LogP) is 3.48. The van der Waals surface area contributed by atoms with Crippen molar-refractivity contribution < 1.29 is 9.21 Å². The van der Waals surface area contributed by atoms with Crippen molar-refractivity contribution in [2.75, 3.05) is 5.32 Å². The normalized spacial score (nSPS) is 14.1. The molecule has 0 spiro atoms. The summed E-state index contributed by atoms with van der Waals surface area (Å²) in [7, 11) is 0. The molecule has 2 amide bonds. The van der Waals surface area contributed by atoms with Crippen LogP contribution in [0.15, 0.2) is 53.1 Å². The van der Waals surface area contributed by atoms with E-state index in [0.717, 1.165) is 24.3 Å². The number of anilines is 1. The fraction of sp³-hybridized carbons (Fsp3) is 0.267. The van der Waals surface area contributed by atoms with Gasteiger partial charge >= 0.3 is 6.03 Å². The monoisotopic (exact) mass is 256 g/mol. The molecule has 1 heterocycles. The minimum absolute atomic E-state index is 0.0647. The van der Waals surface area contributed by atoms with E-state index < -0.39 is 0 Å². The number of nitrogens with zero attached hydrogens (tertiary/aromatic N) is 1. The zero-order valence-corrected chi connectivity index (χ0v) is 10.6. The standard InChI is InChI=1S/C15H16N2O2/c18-15(16-12-5-2-1-3-6-12)17(13-8-9-13)11-14-7-4-10-19-14/h1-7,10,13H,8-9,11H2,(H,16,18). The number of benzene rings is 1. The third-order valence-electron chi connectivity index (χ3n) is 3.18. The lowest BCUT2D eigenvalue weighted by Gasteiger charge is -2.21. The van der Waals surface area contributed by atoms with E-state index in [-0.39, 0.29) is 6.03 Å². The van der Waals surface area contributed by atoms with Gasteiger partial charge in [0, 0.05) is 11.7 Å². The molecule has 1 fully saturated rings. The zero-order valence-electron chi connectivity index (χ0n) is 10.6. The molecule has 2 aromatic rings. The number of rotatable bonds is 4. The average molecular weight is 256 g/mol. The number of furan rings is 1. The van der Waals surface area contributed by atoms with E-state index in [1.54, 1.807) is 6.26 Å². The topological polar surface area (TPSA) is 45.5 Å². The van der Waals surface area contributed by atoms with E-state index in [0.29, 0.717) is 12.6 Å². The highest BCUT2D eigenvalue weighted by Crippen LogP contribution is 2.29. The Morgan fingerprint density at radius 3 is 2.63 bits per heavy atom. The van der Waals surface area contributed by atoms with Gasteiger partial charge in [0.15, 0.2) is 0 Å². The Morgan fingerprint density at radius 1 is 1.21 bits per heavy atom. The van der Waals surface area contributed by atoms with Crippen molar-refractivity contribution in [2.24, 2.45) is 0 Å². The molecule has 1 aromatic heterocycles. The summed E-state index contributed by atoms with van der Waals surface area (Å²) in [5.74, 6) is 0.815. The number of para-hydroxylation sites is 1. The number of hydrogen-bond acceptors (Lipinski definition) is 2. The van der Waals surface area contributed by atoms with E-state index in [2.05, 4.69) is 5.32 Å². The molecule has 1 aliphatic carbocycles. The largest absolute Gasteiger partial charge is 0.467 e. The van der Waals surface area contributed by atoms with Crippen LogP contribution in [0.3, 0.4) is 0 Å². The fourth-order valence-corrected chi connectivity index (χ4v) is 2.04. The van der Waals surface area contributed by atoms with Gasteiger partial charge in [0.1, 0.15) is 5.76 Å². The summed E-state index contributed by atoms with van der Waals surface area (Å²) in [5.41, 5.74) is 0.817. The molecule has 1 saturated carbocycles. The van der Waals surface area contributed by atoms with Gasteiger partial charge in [-0.3, -0.25) is 0 Å². The number of amides is 2. The fourth-order valence-electron chi connectivity index (χ4n) is 2.04. The van der Waals surface area contributed by atoms with Gasteiger partial charge < -0.3 is 14.6 Å². The summed E-state index contributed by atoms with van der Waals surface area (Å²) < 4.78 is 5.32. The molecule has 19 heavy (non-hydrogen) atoms. The molecule has 0 atom stereocenters. The zero-order chi connectivity index (χ0) is 13.1. The number of urea groups is 1. The molecule has 4 heteroatoms. The summed E-state index contributed by atoms with van der Waals surface area (Å²) in [4.78, 5) is 14.1. The highest BCUT2D eigenvalue weighted by atomic mass is 16.3. The second kappa shape index (κ2) is 5.18.